The van der Waals surface area contributed by atoms with Gasteiger partial charge in [-0.15, -0.1) is 0 Å². The number of benzene rings is 2. The van der Waals surface area contributed by atoms with Gasteiger partial charge < -0.3 is 28.7 Å². The number of fused-ring (bicyclic) bond motifs is 1. The van der Waals surface area contributed by atoms with E-state index in [0.717, 1.165) is 6.42 Å². The van der Waals surface area contributed by atoms with Crippen LogP contribution in [0.4, 0.5) is 0 Å². The molecule has 0 N–H and O–H groups in total. The fraction of sp³-hybridized carbons (Fsp3) is 0.391. The minimum atomic E-state index is -0.152. The Morgan fingerprint density at radius 1 is 0.844 bits per heavy atom. The van der Waals surface area contributed by atoms with Gasteiger partial charge in [0.15, 0.2) is 23.0 Å². The van der Waals surface area contributed by atoms with Gasteiger partial charge in [0.1, 0.15) is 0 Å². The largest absolute Gasteiger partial charge is 0.493 e. The smallest absolute Gasteiger partial charge is 0.254 e. The summed E-state index contributed by atoms with van der Waals surface area (Å²) in [6.07, 6.45) is 0.754. The highest BCUT2D eigenvalue weighted by molar-refractivity contribution is 6.32. The van der Waals surface area contributed by atoms with Gasteiger partial charge in [-0.2, -0.15) is 0 Å². The molecule has 2 aliphatic rings. The molecule has 0 spiro atoms. The zero-order valence-corrected chi connectivity index (χ0v) is 18.8. The van der Waals surface area contributed by atoms with Crippen molar-refractivity contribution >= 4 is 23.4 Å². The molecule has 2 amide bonds. The molecule has 1 saturated heterocycles. The maximum Gasteiger partial charge on any atom is 0.254 e. The van der Waals surface area contributed by atoms with Crippen LogP contribution in [0.25, 0.3) is 0 Å². The first-order valence-electron chi connectivity index (χ1n) is 10.4. The Bertz CT molecular complexity index is 1020. The average molecular weight is 461 g/mol. The van der Waals surface area contributed by atoms with E-state index in [4.69, 9.17) is 30.5 Å². The minimum Gasteiger partial charge on any atom is -0.493 e. The van der Waals surface area contributed by atoms with Crippen LogP contribution in [0.1, 0.15) is 27.1 Å². The van der Waals surface area contributed by atoms with Crippen LogP contribution in [0, 0.1) is 0 Å². The molecule has 32 heavy (non-hydrogen) atoms. The molecule has 2 aromatic rings. The summed E-state index contributed by atoms with van der Waals surface area (Å²) >= 11 is 6.33. The lowest BCUT2D eigenvalue weighted by molar-refractivity contribution is 0.0535. The van der Waals surface area contributed by atoms with Crippen molar-refractivity contribution in [2.75, 3.05) is 53.6 Å². The van der Waals surface area contributed by atoms with Gasteiger partial charge in [-0.05, 0) is 30.3 Å². The SMILES string of the molecule is COc1ccc(C(=O)N2CCN(C(=O)c3cc(Cl)c4c(c3)OCCCO4)CC2)cc1OC. The van der Waals surface area contributed by atoms with E-state index in [1.54, 1.807) is 47.2 Å². The third-order valence-corrected chi connectivity index (χ3v) is 5.81. The van der Waals surface area contributed by atoms with Crippen LogP contribution >= 0.6 is 11.6 Å². The van der Waals surface area contributed by atoms with Crippen LogP contribution in [-0.4, -0.2) is 75.2 Å². The molecule has 4 rings (SSSR count). The predicted octanol–water partition coefficient (Wildman–Crippen LogP) is 3.12. The number of amides is 2. The number of nitrogens with zero attached hydrogens (tertiary/aromatic N) is 2. The molecule has 2 aromatic carbocycles. The highest BCUT2D eigenvalue weighted by Gasteiger charge is 2.27. The van der Waals surface area contributed by atoms with Crippen molar-refractivity contribution in [3.05, 3.63) is 46.5 Å². The van der Waals surface area contributed by atoms with Crippen molar-refractivity contribution in [1.82, 2.24) is 9.80 Å². The van der Waals surface area contributed by atoms with Gasteiger partial charge in [0.25, 0.3) is 11.8 Å². The monoisotopic (exact) mass is 460 g/mol. The van der Waals surface area contributed by atoms with Crippen LogP contribution in [0.2, 0.25) is 5.02 Å². The van der Waals surface area contributed by atoms with Gasteiger partial charge in [-0.3, -0.25) is 9.59 Å². The summed E-state index contributed by atoms with van der Waals surface area (Å²) in [6.45, 7) is 2.73. The Kier molecular flexibility index (Phi) is 6.60. The zero-order valence-electron chi connectivity index (χ0n) is 18.1. The van der Waals surface area contributed by atoms with E-state index in [0.29, 0.717) is 78.5 Å². The fourth-order valence-electron chi connectivity index (χ4n) is 3.80. The standard InChI is InChI=1S/C23H25ClN2O6/c1-29-18-5-4-15(13-19(18)30-2)22(27)25-6-8-26(9-7-25)23(28)16-12-17(24)21-20(14-16)31-10-3-11-32-21/h4-5,12-14H,3,6-11H2,1-2H3. The van der Waals surface area contributed by atoms with E-state index in [1.165, 1.54) is 7.11 Å². The molecular weight excluding hydrogens is 436 g/mol. The first kappa shape index (κ1) is 22.1. The lowest BCUT2D eigenvalue weighted by Gasteiger charge is -2.35. The highest BCUT2D eigenvalue weighted by atomic mass is 35.5. The minimum absolute atomic E-state index is 0.114. The summed E-state index contributed by atoms with van der Waals surface area (Å²) in [7, 11) is 3.08. The molecule has 0 aliphatic carbocycles. The Labute approximate surface area is 191 Å². The molecule has 0 unspecified atom stereocenters. The third kappa shape index (κ3) is 4.41. The Morgan fingerprint density at radius 2 is 1.47 bits per heavy atom. The summed E-state index contributed by atoms with van der Waals surface area (Å²) in [4.78, 5) is 29.4. The van der Waals surface area contributed by atoms with Gasteiger partial charge in [-0.1, -0.05) is 11.6 Å². The van der Waals surface area contributed by atoms with Crippen LogP contribution < -0.4 is 18.9 Å². The summed E-state index contributed by atoms with van der Waals surface area (Å²) in [5.41, 5.74) is 0.955. The second-order valence-electron chi connectivity index (χ2n) is 7.49. The van der Waals surface area contributed by atoms with Gasteiger partial charge in [0.05, 0.1) is 32.5 Å². The Balaban J connectivity index is 1.42. The summed E-state index contributed by atoms with van der Waals surface area (Å²) in [6, 6.07) is 8.37. The van der Waals surface area contributed by atoms with Crippen molar-refractivity contribution in [2.45, 2.75) is 6.42 Å². The number of piperazine rings is 1. The maximum absolute atomic E-state index is 13.1. The number of halogens is 1. The highest BCUT2D eigenvalue weighted by Crippen LogP contribution is 2.38. The molecule has 0 bridgehead atoms. The quantitative estimate of drug-likeness (QED) is 0.697. The number of rotatable bonds is 4. The number of hydrogen-bond acceptors (Lipinski definition) is 6. The second-order valence-corrected chi connectivity index (χ2v) is 7.90. The molecule has 0 radical (unpaired) electrons. The first-order chi connectivity index (χ1) is 15.5. The molecule has 0 aromatic heterocycles. The molecule has 2 aliphatic heterocycles. The summed E-state index contributed by atoms with van der Waals surface area (Å²) in [5, 5.41) is 0.356. The van der Waals surface area contributed by atoms with Gasteiger partial charge >= 0.3 is 0 Å². The van der Waals surface area contributed by atoms with E-state index in [2.05, 4.69) is 0 Å². The number of ether oxygens (including phenoxy) is 4. The van der Waals surface area contributed by atoms with Gasteiger partial charge in [-0.25, -0.2) is 0 Å². The third-order valence-electron chi connectivity index (χ3n) is 5.53. The second kappa shape index (κ2) is 9.56. The van der Waals surface area contributed by atoms with E-state index in [9.17, 15) is 9.59 Å². The van der Waals surface area contributed by atoms with E-state index >= 15 is 0 Å². The molecule has 0 saturated carbocycles. The van der Waals surface area contributed by atoms with Crippen molar-refractivity contribution in [3.8, 4) is 23.0 Å². The normalized spacial score (nSPS) is 15.7. The zero-order chi connectivity index (χ0) is 22.7. The van der Waals surface area contributed by atoms with Crippen LogP contribution in [0.15, 0.2) is 30.3 Å². The van der Waals surface area contributed by atoms with Gasteiger partial charge in [0, 0.05) is 43.7 Å². The number of methoxy groups -OCH3 is 2. The van der Waals surface area contributed by atoms with Crippen molar-refractivity contribution in [3.63, 3.8) is 0 Å². The molecular formula is C23H25ClN2O6. The molecule has 8 nitrogen and oxygen atoms in total. The number of carbonyl (C=O) groups excluding carboxylic acids is 2. The Hall–Kier alpha value is -3.13. The molecule has 170 valence electrons. The van der Waals surface area contributed by atoms with E-state index < -0.39 is 0 Å². The topological polar surface area (TPSA) is 77.5 Å². The van der Waals surface area contributed by atoms with Crippen LogP contribution in [0.3, 0.4) is 0 Å². The van der Waals surface area contributed by atoms with Gasteiger partial charge in [0.2, 0.25) is 0 Å². The summed E-state index contributed by atoms with van der Waals surface area (Å²) < 4.78 is 21.8. The molecule has 1 fully saturated rings. The van der Waals surface area contributed by atoms with Crippen molar-refractivity contribution in [2.24, 2.45) is 0 Å². The van der Waals surface area contributed by atoms with E-state index in [1.807, 2.05) is 0 Å². The predicted molar refractivity (Wildman–Crippen MR) is 118 cm³/mol. The number of hydrogen-bond donors (Lipinski definition) is 0. The maximum atomic E-state index is 13.1. The van der Waals surface area contributed by atoms with Crippen molar-refractivity contribution in [1.29, 1.82) is 0 Å². The summed E-state index contributed by atoms with van der Waals surface area (Å²) in [5.74, 6) is 1.76. The molecule has 0 atom stereocenters. The average Bonchev–Trinajstić information content (AvgIpc) is 3.08. The lowest BCUT2D eigenvalue weighted by atomic mass is 10.1. The molecule has 2 heterocycles. The van der Waals surface area contributed by atoms with Crippen LogP contribution in [0.5, 0.6) is 23.0 Å². The Morgan fingerprint density at radius 3 is 2.12 bits per heavy atom. The molecule has 9 heteroatoms. The number of carbonyl (C=O) groups is 2. The first-order valence-corrected chi connectivity index (χ1v) is 10.8. The fourth-order valence-corrected chi connectivity index (χ4v) is 4.07. The van der Waals surface area contributed by atoms with Crippen LogP contribution in [-0.2, 0) is 0 Å². The van der Waals surface area contributed by atoms with E-state index in [-0.39, 0.29) is 11.8 Å². The van der Waals surface area contributed by atoms with Crippen molar-refractivity contribution < 1.29 is 28.5 Å². The lowest BCUT2D eigenvalue weighted by Crippen LogP contribution is -2.50.